The van der Waals surface area contributed by atoms with Crippen molar-refractivity contribution in [3.63, 3.8) is 0 Å². The Balaban J connectivity index is 2.06. The molecule has 20 heavy (non-hydrogen) atoms. The number of hydrogen-bond acceptors (Lipinski definition) is 5. The molecule has 1 unspecified atom stereocenters. The van der Waals surface area contributed by atoms with E-state index in [0.29, 0.717) is 6.54 Å². The Kier molecular flexibility index (Phi) is 5.49. The van der Waals surface area contributed by atoms with Crippen molar-refractivity contribution in [2.75, 3.05) is 43.6 Å². The molecule has 1 heterocycles. The lowest BCUT2D eigenvalue weighted by Crippen LogP contribution is -2.29. The van der Waals surface area contributed by atoms with E-state index in [-0.39, 0.29) is 6.61 Å². The third kappa shape index (κ3) is 3.77. The molecule has 5 nitrogen and oxygen atoms in total. The number of nitrogens with zero attached hydrogens (tertiary/aromatic N) is 1. The number of aliphatic hydroxyl groups is 2. The van der Waals surface area contributed by atoms with Gasteiger partial charge in [-0.25, -0.2) is 0 Å². The van der Waals surface area contributed by atoms with Crippen LogP contribution in [0.25, 0.3) is 0 Å². The number of benzene rings is 1. The van der Waals surface area contributed by atoms with E-state index in [1.54, 1.807) is 7.11 Å². The van der Waals surface area contributed by atoms with Gasteiger partial charge < -0.3 is 25.2 Å². The molecular weight excluding hydrogens is 256 g/mol. The Hall–Kier alpha value is -1.46. The third-order valence-electron chi connectivity index (χ3n) is 3.65. The summed E-state index contributed by atoms with van der Waals surface area (Å²) in [5, 5.41) is 21.3. The Morgan fingerprint density at radius 1 is 1.30 bits per heavy atom. The maximum Gasteiger partial charge on any atom is 0.144 e. The van der Waals surface area contributed by atoms with Crippen molar-refractivity contribution in [1.29, 1.82) is 0 Å². The molecule has 1 atom stereocenters. The first-order valence-electron chi connectivity index (χ1n) is 7.20. The van der Waals surface area contributed by atoms with Crippen LogP contribution >= 0.6 is 0 Å². The molecule has 1 aliphatic heterocycles. The monoisotopic (exact) mass is 280 g/mol. The highest BCUT2D eigenvalue weighted by Gasteiger charge is 2.13. The summed E-state index contributed by atoms with van der Waals surface area (Å²) < 4.78 is 5.41. The normalized spacial score (nSPS) is 16.9. The molecule has 0 aliphatic carbocycles. The van der Waals surface area contributed by atoms with E-state index in [1.165, 1.54) is 24.9 Å². The van der Waals surface area contributed by atoms with Crippen molar-refractivity contribution >= 4 is 11.4 Å². The summed E-state index contributed by atoms with van der Waals surface area (Å²) >= 11 is 0. The predicted octanol–water partition coefficient (Wildman–Crippen LogP) is 1.45. The van der Waals surface area contributed by atoms with Crippen LogP contribution in [-0.4, -0.2) is 49.7 Å². The summed E-state index contributed by atoms with van der Waals surface area (Å²) in [6.45, 7) is 2.25. The molecule has 0 aromatic heterocycles. The quantitative estimate of drug-likeness (QED) is 0.736. The van der Waals surface area contributed by atoms with Gasteiger partial charge in [0, 0.05) is 31.4 Å². The number of piperidine rings is 1. The molecule has 1 fully saturated rings. The molecule has 1 aliphatic rings. The molecule has 5 heteroatoms. The summed E-state index contributed by atoms with van der Waals surface area (Å²) in [7, 11) is 1.64. The molecule has 2 rings (SSSR count). The zero-order valence-corrected chi connectivity index (χ0v) is 12.0. The Labute approximate surface area is 120 Å². The first kappa shape index (κ1) is 14.9. The second-order valence-electron chi connectivity index (χ2n) is 5.15. The average Bonchev–Trinajstić information content (AvgIpc) is 2.53. The van der Waals surface area contributed by atoms with Crippen LogP contribution in [0.15, 0.2) is 18.2 Å². The smallest absolute Gasteiger partial charge is 0.144 e. The fourth-order valence-electron chi connectivity index (χ4n) is 2.47. The Morgan fingerprint density at radius 3 is 2.70 bits per heavy atom. The van der Waals surface area contributed by atoms with E-state index < -0.39 is 6.10 Å². The van der Waals surface area contributed by atoms with Crippen LogP contribution < -0.4 is 15.0 Å². The van der Waals surface area contributed by atoms with Crippen LogP contribution in [0.5, 0.6) is 5.75 Å². The highest BCUT2D eigenvalue weighted by molar-refractivity contribution is 5.64. The fourth-order valence-corrected chi connectivity index (χ4v) is 2.47. The number of aliphatic hydroxyl groups excluding tert-OH is 2. The molecule has 1 aromatic carbocycles. The van der Waals surface area contributed by atoms with E-state index in [4.69, 9.17) is 9.84 Å². The molecule has 1 aromatic rings. The zero-order chi connectivity index (χ0) is 14.4. The third-order valence-corrected chi connectivity index (χ3v) is 3.65. The average molecular weight is 280 g/mol. The molecule has 3 N–H and O–H groups in total. The molecule has 0 saturated carbocycles. The minimum atomic E-state index is -0.763. The van der Waals surface area contributed by atoms with E-state index in [0.717, 1.165) is 24.5 Å². The molecule has 0 spiro atoms. The van der Waals surface area contributed by atoms with Crippen LogP contribution in [-0.2, 0) is 0 Å². The van der Waals surface area contributed by atoms with E-state index in [2.05, 4.69) is 16.3 Å². The van der Waals surface area contributed by atoms with Crippen molar-refractivity contribution < 1.29 is 14.9 Å². The summed E-state index contributed by atoms with van der Waals surface area (Å²) in [5.74, 6) is 0.762. The first-order valence-corrected chi connectivity index (χ1v) is 7.20. The van der Waals surface area contributed by atoms with Crippen LogP contribution in [0.3, 0.4) is 0 Å². The molecule has 0 amide bonds. The van der Waals surface area contributed by atoms with Gasteiger partial charge in [-0.05, 0) is 31.4 Å². The van der Waals surface area contributed by atoms with Crippen LogP contribution in [0, 0.1) is 0 Å². The van der Waals surface area contributed by atoms with E-state index in [9.17, 15) is 5.11 Å². The Morgan fingerprint density at radius 2 is 2.05 bits per heavy atom. The lowest BCUT2D eigenvalue weighted by atomic mass is 10.1. The van der Waals surface area contributed by atoms with Crippen LogP contribution in [0.4, 0.5) is 11.4 Å². The standard InChI is InChI=1S/C15H24N2O3/c1-20-15-9-12(17-7-3-2-4-8-17)5-6-14(15)16-10-13(19)11-18/h5-6,9,13,16,18-19H,2-4,7-8,10-11H2,1H3. The van der Waals surface area contributed by atoms with Gasteiger partial charge in [-0.15, -0.1) is 0 Å². The summed E-state index contributed by atoms with van der Waals surface area (Å²) in [5.41, 5.74) is 2.01. The minimum Gasteiger partial charge on any atom is -0.495 e. The fraction of sp³-hybridized carbons (Fsp3) is 0.600. The molecule has 1 saturated heterocycles. The van der Waals surface area contributed by atoms with Gasteiger partial charge >= 0.3 is 0 Å². The largest absolute Gasteiger partial charge is 0.495 e. The SMILES string of the molecule is COc1cc(N2CCCCC2)ccc1NCC(O)CO. The van der Waals surface area contributed by atoms with Crippen molar-refractivity contribution in [2.45, 2.75) is 25.4 Å². The number of anilines is 2. The van der Waals surface area contributed by atoms with Crippen molar-refractivity contribution in [1.82, 2.24) is 0 Å². The second-order valence-corrected chi connectivity index (χ2v) is 5.15. The van der Waals surface area contributed by atoms with Gasteiger partial charge in [0.2, 0.25) is 0 Å². The summed E-state index contributed by atoms with van der Waals surface area (Å²) in [6, 6.07) is 6.06. The summed E-state index contributed by atoms with van der Waals surface area (Å²) in [4.78, 5) is 2.37. The highest BCUT2D eigenvalue weighted by Crippen LogP contribution is 2.31. The van der Waals surface area contributed by atoms with Crippen molar-refractivity contribution in [3.8, 4) is 5.75 Å². The van der Waals surface area contributed by atoms with E-state index in [1.807, 2.05) is 12.1 Å². The van der Waals surface area contributed by atoms with Crippen molar-refractivity contribution in [2.24, 2.45) is 0 Å². The predicted molar refractivity (Wildman–Crippen MR) is 80.6 cm³/mol. The number of hydrogen-bond donors (Lipinski definition) is 3. The van der Waals surface area contributed by atoms with Crippen molar-refractivity contribution in [3.05, 3.63) is 18.2 Å². The minimum absolute atomic E-state index is 0.249. The number of methoxy groups -OCH3 is 1. The molecular formula is C15H24N2O3. The maximum absolute atomic E-state index is 9.38. The second kappa shape index (κ2) is 7.36. The number of ether oxygens (including phenoxy) is 1. The van der Waals surface area contributed by atoms with E-state index >= 15 is 0 Å². The maximum atomic E-state index is 9.38. The van der Waals surface area contributed by atoms with Gasteiger partial charge in [-0.1, -0.05) is 0 Å². The number of nitrogens with one attached hydrogen (secondary N) is 1. The molecule has 0 bridgehead atoms. The zero-order valence-electron chi connectivity index (χ0n) is 12.0. The van der Waals surface area contributed by atoms with Gasteiger partial charge in [0.15, 0.2) is 0 Å². The number of rotatable bonds is 6. The van der Waals surface area contributed by atoms with Crippen LogP contribution in [0.1, 0.15) is 19.3 Å². The first-order chi connectivity index (χ1) is 9.74. The van der Waals surface area contributed by atoms with Gasteiger partial charge in [0.05, 0.1) is 25.5 Å². The molecule has 112 valence electrons. The highest BCUT2D eigenvalue weighted by atomic mass is 16.5. The lowest BCUT2D eigenvalue weighted by molar-refractivity contribution is 0.105. The van der Waals surface area contributed by atoms with Crippen LogP contribution in [0.2, 0.25) is 0 Å². The van der Waals surface area contributed by atoms with Gasteiger partial charge in [-0.2, -0.15) is 0 Å². The topological polar surface area (TPSA) is 65.0 Å². The van der Waals surface area contributed by atoms with Gasteiger partial charge in [0.1, 0.15) is 5.75 Å². The van der Waals surface area contributed by atoms with Gasteiger partial charge in [0.25, 0.3) is 0 Å². The molecule has 0 radical (unpaired) electrons. The Bertz CT molecular complexity index is 420. The van der Waals surface area contributed by atoms with Gasteiger partial charge in [-0.3, -0.25) is 0 Å². The lowest BCUT2D eigenvalue weighted by Gasteiger charge is -2.29. The summed E-state index contributed by atoms with van der Waals surface area (Å²) in [6.07, 6.45) is 3.03.